The van der Waals surface area contributed by atoms with Gasteiger partial charge in [0.15, 0.2) is 11.5 Å². The van der Waals surface area contributed by atoms with Gasteiger partial charge in [-0.05, 0) is 51.3 Å². The molecular formula is C7H3BrCl2O2. The Kier molecular flexibility index (Phi) is 1.90. The highest BCUT2D eigenvalue weighted by Crippen LogP contribution is 2.46. The minimum absolute atomic E-state index is 0.530. The smallest absolute Gasteiger partial charge is 0.419 e. The largest absolute Gasteiger partial charge is 0.423 e. The first-order valence-electron chi connectivity index (χ1n) is 3.13. The Hall–Kier alpha value is -0.120. The van der Waals surface area contributed by atoms with Gasteiger partial charge in [-0.15, -0.1) is 0 Å². The molecule has 0 amide bonds. The SMILES string of the molecule is ClC1(Cl)Oc2cccc(Br)c2O1. The summed E-state index contributed by atoms with van der Waals surface area (Å²) in [4.78, 5) is 0. The van der Waals surface area contributed by atoms with Gasteiger partial charge >= 0.3 is 4.71 Å². The highest BCUT2D eigenvalue weighted by Gasteiger charge is 2.38. The van der Waals surface area contributed by atoms with Crippen molar-refractivity contribution in [1.29, 1.82) is 0 Å². The van der Waals surface area contributed by atoms with Crippen LogP contribution in [0, 0.1) is 0 Å². The maximum Gasteiger partial charge on any atom is 0.419 e. The van der Waals surface area contributed by atoms with Crippen LogP contribution in [0.3, 0.4) is 0 Å². The van der Waals surface area contributed by atoms with Gasteiger partial charge in [0.25, 0.3) is 0 Å². The van der Waals surface area contributed by atoms with E-state index in [0.29, 0.717) is 11.5 Å². The number of benzene rings is 1. The molecule has 1 aromatic carbocycles. The van der Waals surface area contributed by atoms with E-state index in [1.807, 2.05) is 6.07 Å². The molecule has 64 valence electrons. The summed E-state index contributed by atoms with van der Waals surface area (Å²) in [6.45, 7) is 0. The maximum atomic E-state index is 5.61. The molecule has 0 spiro atoms. The number of halogens is 3. The van der Waals surface area contributed by atoms with Crippen LogP contribution in [-0.4, -0.2) is 4.71 Å². The van der Waals surface area contributed by atoms with Crippen LogP contribution in [0.1, 0.15) is 0 Å². The fraction of sp³-hybridized carbons (Fsp3) is 0.143. The van der Waals surface area contributed by atoms with Crippen molar-refractivity contribution in [2.45, 2.75) is 4.71 Å². The highest BCUT2D eigenvalue weighted by atomic mass is 79.9. The van der Waals surface area contributed by atoms with Gasteiger partial charge in [0.2, 0.25) is 0 Å². The van der Waals surface area contributed by atoms with Crippen LogP contribution in [0.2, 0.25) is 0 Å². The molecule has 0 aliphatic carbocycles. The molecule has 5 heteroatoms. The van der Waals surface area contributed by atoms with Crippen LogP contribution in [-0.2, 0) is 0 Å². The predicted octanol–water partition coefficient (Wildman–Crippen LogP) is 3.31. The summed E-state index contributed by atoms with van der Waals surface area (Å²) in [6.07, 6.45) is 0. The first-order valence-corrected chi connectivity index (χ1v) is 4.68. The van der Waals surface area contributed by atoms with Crippen LogP contribution in [0.5, 0.6) is 11.5 Å². The van der Waals surface area contributed by atoms with Gasteiger partial charge in [-0.3, -0.25) is 0 Å². The molecule has 0 saturated carbocycles. The number of hydrogen-bond donors (Lipinski definition) is 0. The summed E-state index contributed by atoms with van der Waals surface area (Å²) in [5.41, 5.74) is 0. The molecule has 0 unspecified atom stereocenters. The van der Waals surface area contributed by atoms with Crippen molar-refractivity contribution in [1.82, 2.24) is 0 Å². The Bertz CT molecular complexity index is 327. The van der Waals surface area contributed by atoms with E-state index in [4.69, 9.17) is 32.7 Å². The zero-order valence-electron chi connectivity index (χ0n) is 5.68. The second kappa shape index (κ2) is 2.69. The van der Waals surface area contributed by atoms with Crippen LogP contribution < -0.4 is 9.47 Å². The third-order valence-electron chi connectivity index (χ3n) is 1.38. The Morgan fingerprint density at radius 3 is 2.67 bits per heavy atom. The summed E-state index contributed by atoms with van der Waals surface area (Å²) in [7, 11) is 0. The van der Waals surface area contributed by atoms with Gasteiger partial charge in [-0.1, -0.05) is 6.07 Å². The van der Waals surface area contributed by atoms with Crippen molar-refractivity contribution in [3.05, 3.63) is 22.7 Å². The molecule has 1 heterocycles. The van der Waals surface area contributed by atoms with Crippen molar-refractivity contribution in [3.63, 3.8) is 0 Å². The average Bonchev–Trinajstić information content (AvgIpc) is 2.25. The van der Waals surface area contributed by atoms with Gasteiger partial charge in [0.05, 0.1) is 4.47 Å². The normalized spacial score (nSPS) is 17.9. The first-order chi connectivity index (χ1) is 5.58. The molecule has 1 aliphatic rings. The Balaban J connectivity index is 2.48. The van der Waals surface area contributed by atoms with E-state index < -0.39 is 4.71 Å². The van der Waals surface area contributed by atoms with Gasteiger partial charge in [0, 0.05) is 0 Å². The van der Waals surface area contributed by atoms with E-state index in [9.17, 15) is 0 Å². The summed E-state index contributed by atoms with van der Waals surface area (Å²) in [5.74, 6) is 1.07. The van der Waals surface area contributed by atoms with Crippen molar-refractivity contribution in [2.24, 2.45) is 0 Å². The van der Waals surface area contributed by atoms with E-state index in [1.54, 1.807) is 12.1 Å². The lowest BCUT2D eigenvalue weighted by Gasteiger charge is -2.09. The zero-order chi connectivity index (χ0) is 8.77. The first kappa shape index (κ1) is 8.48. The number of alkyl halides is 2. The quantitative estimate of drug-likeness (QED) is 0.673. The van der Waals surface area contributed by atoms with E-state index in [2.05, 4.69) is 15.9 Å². The van der Waals surface area contributed by atoms with Crippen LogP contribution in [0.4, 0.5) is 0 Å². The minimum Gasteiger partial charge on any atom is -0.423 e. The van der Waals surface area contributed by atoms with Crippen LogP contribution >= 0.6 is 39.1 Å². The monoisotopic (exact) mass is 268 g/mol. The molecule has 12 heavy (non-hydrogen) atoms. The number of hydrogen-bond acceptors (Lipinski definition) is 2. The number of ether oxygens (including phenoxy) is 2. The van der Waals surface area contributed by atoms with Crippen molar-refractivity contribution >= 4 is 39.1 Å². The van der Waals surface area contributed by atoms with Gasteiger partial charge in [-0.25, -0.2) is 0 Å². The van der Waals surface area contributed by atoms with Gasteiger partial charge in [0.1, 0.15) is 0 Å². The summed E-state index contributed by atoms with van der Waals surface area (Å²) < 4.78 is 9.32. The summed E-state index contributed by atoms with van der Waals surface area (Å²) >= 11 is 14.5. The third kappa shape index (κ3) is 1.37. The molecule has 0 saturated heterocycles. The maximum absolute atomic E-state index is 5.61. The second-order valence-corrected chi connectivity index (χ2v) is 4.28. The molecule has 2 nitrogen and oxygen atoms in total. The molecule has 0 N–H and O–H groups in total. The summed E-state index contributed by atoms with van der Waals surface area (Å²) in [6, 6.07) is 5.35. The van der Waals surface area contributed by atoms with Crippen LogP contribution in [0.25, 0.3) is 0 Å². The molecule has 1 aliphatic heterocycles. The Morgan fingerprint density at radius 2 is 2.00 bits per heavy atom. The number of para-hydroxylation sites is 1. The molecular weight excluding hydrogens is 267 g/mol. The lowest BCUT2D eigenvalue weighted by Crippen LogP contribution is -2.22. The van der Waals surface area contributed by atoms with Gasteiger partial charge < -0.3 is 9.47 Å². The van der Waals surface area contributed by atoms with Crippen molar-refractivity contribution in [3.8, 4) is 11.5 Å². The Morgan fingerprint density at radius 1 is 1.25 bits per heavy atom. The topological polar surface area (TPSA) is 18.5 Å². The second-order valence-electron chi connectivity index (χ2n) is 2.23. The summed E-state index contributed by atoms with van der Waals surface area (Å²) in [5, 5.41) is 0. The molecule has 2 rings (SSSR count). The van der Waals surface area contributed by atoms with Crippen molar-refractivity contribution < 1.29 is 9.47 Å². The zero-order valence-corrected chi connectivity index (χ0v) is 8.78. The molecule has 0 bridgehead atoms. The van der Waals surface area contributed by atoms with E-state index >= 15 is 0 Å². The van der Waals surface area contributed by atoms with E-state index in [0.717, 1.165) is 4.47 Å². The minimum atomic E-state index is -1.59. The molecule has 0 atom stereocenters. The van der Waals surface area contributed by atoms with E-state index in [-0.39, 0.29) is 0 Å². The Labute approximate surface area is 87.5 Å². The van der Waals surface area contributed by atoms with Crippen molar-refractivity contribution in [2.75, 3.05) is 0 Å². The number of rotatable bonds is 0. The molecule has 0 radical (unpaired) electrons. The predicted molar refractivity (Wildman–Crippen MR) is 49.8 cm³/mol. The third-order valence-corrected chi connectivity index (χ3v) is 2.31. The lowest BCUT2D eigenvalue weighted by atomic mass is 10.3. The average molecular weight is 270 g/mol. The lowest BCUT2D eigenvalue weighted by molar-refractivity contribution is 0.0845. The number of fused-ring (bicyclic) bond motifs is 1. The fourth-order valence-corrected chi connectivity index (χ4v) is 1.69. The van der Waals surface area contributed by atoms with E-state index in [1.165, 1.54) is 0 Å². The highest BCUT2D eigenvalue weighted by molar-refractivity contribution is 9.10. The van der Waals surface area contributed by atoms with Gasteiger partial charge in [-0.2, -0.15) is 0 Å². The molecule has 0 fully saturated rings. The van der Waals surface area contributed by atoms with Crippen LogP contribution in [0.15, 0.2) is 22.7 Å². The standard InChI is InChI=1S/C7H3BrCl2O2/c8-4-2-1-3-5-6(4)12-7(9,10)11-5/h1-3H. The molecule has 1 aromatic rings. The fourth-order valence-electron chi connectivity index (χ4n) is 0.936. The molecule has 0 aromatic heterocycles.